The van der Waals surface area contributed by atoms with Crippen LogP contribution in [-0.4, -0.2) is 17.1 Å². The van der Waals surface area contributed by atoms with Gasteiger partial charge in [-0.15, -0.1) is 0 Å². The van der Waals surface area contributed by atoms with E-state index in [0.29, 0.717) is 43.6 Å². The molecule has 1 fully saturated rings. The van der Waals surface area contributed by atoms with Gasteiger partial charge in [-0.1, -0.05) is 46.9 Å². The van der Waals surface area contributed by atoms with Gasteiger partial charge in [0.2, 0.25) is 0 Å². The number of hydrogen-bond donors (Lipinski definition) is 1. The van der Waals surface area contributed by atoms with E-state index in [0.717, 1.165) is 0 Å². The molecule has 4 rings (SSSR count). The fraction of sp³-hybridized carbons (Fsp3) is 0.0556. The van der Waals surface area contributed by atoms with Crippen molar-refractivity contribution in [1.82, 2.24) is 5.32 Å². The maximum absolute atomic E-state index is 13.2. The summed E-state index contributed by atoms with van der Waals surface area (Å²) in [6, 6.07) is 9.99. The first-order valence-electron chi connectivity index (χ1n) is 7.69. The van der Waals surface area contributed by atoms with Crippen molar-refractivity contribution in [1.29, 1.82) is 0 Å². The molecule has 9 heteroatoms. The summed E-state index contributed by atoms with van der Waals surface area (Å²) < 4.78 is 0. The Hall–Kier alpha value is -1.99. The molecule has 0 aliphatic carbocycles. The van der Waals surface area contributed by atoms with E-state index in [2.05, 4.69) is 5.32 Å². The number of anilines is 1. The maximum atomic E-state index is 13.2. The minimum Gasteiger partial charge on any atom is -0.303 e. The first-order valence-corrected chi connectivity index (χ1v) is 9.64. The van der Waals surface area contributed by atoms with Gasteiger partial charge in [-0.25, -0.2) is 0 Å². The highest BCUT2D eigenvalue weighted by atomic mass is 35.5. The largest absolute Gasteiger partial charge is 0.303 e. The van der Waals surface area contributed by atoms with Gasteiger partial charge < -0.3 is 4.90 Å². The number of benzene rings is 2. The van der Waals surface area contributed by atoms with E-state index in [9.17, 15) is 14.4 Å². The average molecular weight is 440 g/mol. The van der Waals surface area contributed by atoms with Crippen LogP contribution in [0.1, 0.15) is 11.1 Å². The van der Waals surface area contributed by atoms with E-state index >= 15 is 0 Å². The average Bonchev–Trinajstić information content (AvgIpc) is 3.07. The third kappa shape index (κ3) is 3.12. The molecule has 2 aromatic carbocycles. The maximum Gasteiger partial charge on any atom is 0.290 e. The van der Waals surface area contributed by atoms with Gasteiger partial charge in [0.15, 0.2) is 0 Å². The quantitative estimate of drug-likeness (QED) is 0.677. The lowest BCUT2D eigenvalue weighted by Gasteiger charge is -2.19. The SMILES string of the molecule is O=C1NC(=O)/C(=C2/C(=O)N(Cc3c(Cl)cccc3Cl)c3cc(Cl)ccc32)S1. The molecule has 0 saturated carbocycles. The monoisotopic (exact) mass is 438 g/mol. The number of imide groups is 1. The zero-order chi connectivity index (χ0) is 19.3. The topological polar surface area (TPSA) is 66.5 Å². The second kappa shape index (κ2) is 6.87. The number of nitrogens with zero attached hydrogens (tertiary/aromatic N) is 1. The Morgan fingerprint density at radius 3 is 2.33 bits per heavy atom. The Bertz CT molecular complexity index is 1050. The molecule has 27 heavy (non-hydrogen) atoms. The van der Waals surface area contributed by atoms with Crippen molar-refractivity contribution in [3.63, 3.8) is 0 Å². The Balaban J connectivity index is 1.87. The lowest BCUT2D eigenvalue weighted by molar-refractivity contribution is -0.116. The molecule has 0 atom stereocenters. The molecule has 136 valence electrons. The fourth-order valence-electron chi connectivity index (χ4n) is 3.00. The molecule has 2 aliphatic rings. The Kier molecular flexibility index (Phi) is 4.68. The molecule has 5 nitrogen and oxygen atoms in total. The third-order valence-corrected chi connectivity index (χ3v) is 6.02. The minimum atomic E-state index is -0.591. The van der Waals surface area contributed by atoms with Gasteiger partial charge in [-0.05, 0) is 36.0 Å². The van der Waals surface area contributed by atoms with Crippen molar-refractivity contribution >= 4 is 74.9 Å². The van der Waals surface area contributed by atoms with Crippen molar-refractivity contribution in [2.75, 3.05) is 4.90 Å². The molecule has 0 unspecified atom stereocenters. The van der Waals surface area contributed by atoms with Gasteiger partial charge >= 0.3 is 0 Å². The second-order valence-electron chi connectivity index (χ2n) is 5.80. The summed E-state index contributed by atoms with van der Waals surface area (Å²) in [5, 5.41) is 2.93. The van der Waals surface area contributed by atoms with Crippen molar-refractivity contribution in [3.05, 3.63) is 67.5 Å². The van der Waals surface area contributed by atoms with Crippen molar-refractivity contribution < 1.29 is 14.4 Å². The smallest absolute Gasteiger partial charge is 0.290 e. The van der Waals surface area contributed by atoms with E-state index in [1.807, 2.05) is 0 Å². The number of carbonyl (C=O) groups is 3. The van der Waals surface area contributed by atoms with Crippen LogP contribution in [0.2, 0.25) is 15.1 Å². The van der Waals surface area contributed by atoms with Crippen LogP contribution in [-0.2, 0) is 16.1 Å². The first-order chi connectivity index (χ1) is 12.9. The number of rotatable bonds is 2. The summed E-state index contributed by atoms with van der Waals surface area (Å²) in [4.78, 5) is 38.4. The minimum absolute atomic E-state index is 0.0707. The molecule has 0 aromatic heterocycles. The van der Waals surface area contributed by atoms with E-state index in [-0.39, 0.29) is 17.0 Å². The molecule has 0 bridgehead atoms. The van der Waals surface area contributed by atoms with Gasteiger partial charge in [0.1, 0.15) is 0 Å². The number of amides is 3. The number of halogens is 3. The molecule has 2 heterocycles. The highest BCUT2D eigenvalue weighted by Crippen LogP contribution is 2.44. The zero-order valence-corrected chi connectivity index (χ0v) is 16.5. The van der Waals surface area contributed by atoms with Crippen LogP contribution < -0.4 is 10.2 Å². The van der Waals surface area contributed by atoms with Gasteiger partial charge in [0.05, 0.1) is 22.7 Å². The summed E-state index contributed by atoms with van der Waals surface area (Å²) in [5.74, 6) is -1.01. The van der Waals surface area contributed by atoms with E-state index < -0.39 is 17.1 Å². The Morgan fingerprint density at radius 1 is 1.00 bits per heavy atom. The van der Waals surface area contributed by atoms with Gasteiger partial charge in [0, 0.05) is 26.2 Å². The van der Waals surface area contributed by atoms with Crippen LogP contribution in [0.4, 0.5) is 10.5 Å². The normalized spacial score (nSPS) is 18.9. The van der Waals surface area contributed by atoms with E-state index in [1.165, 1.54) is 4.90 Å². The first kappa shape index (κ1) is 18.4. The standard InChI is InChI=1S/C18H9Cl3N2O3S/c19-8-4-5-9-13(6-8)23(7-10-11(20)2-1-3-12(10)21)17(25)14(9)15-16(24)22-18(26)27-15/h1-6H,7H2,(H,22,24,26)/b15-14-. The predicted octanol–water partition coefficient (Wildman–Crippen LogP) is 4.89. The van der Waals surface area contributed by atoms with Crippen LogP contribution in [0.5, 0.6) is 0 Å². The van der Waals surface area contributed by atoms with Crippen molar-refractivity contribution in [2.45, 2.75) is 6.54 Å². The van der Waals surface area contributed by atoms with E-state index in [1.54, 1.807) is 36.4 Å². The van der Waals surface area contributed by atoms with E-state index in [4.69, 9.17) is 34.8 Å². The lowest BCUT2D eigenvalue weighted by atomic mass is 10.1. The Morgan fingerprint density at radius 2 is 1.70 bits per heavy atom. The summed E-state index contributed by atoms with van der Waals surface area (Å²) in [6.45, 7) is 0.0989. The van der Waals surface area contributed by atoms with Crippen molar-refractivity contribution in [2.24, 2.45) is 0 Å². The summed E-state index contributed by atoms with van der Waals surface area (Å²) >= 11 is 19.3. The molecule has 0 spiro atoms. The zero-order valence-electron chi connectivity index (χ0n) is 13.4. The molecule has 1 N–H and O–H groups in total. The highest BCUT2D eigenvalue weighted by Gasteiger charge is 2.40. The summed E-state index contributed by atoms with van der Waals surface area (Å²) in [6.07, 6.45) is 0. The molecule has 2 aromatic rings. The van der Waals surface area contributed by atoms with Crippen molar-refractivity contribution in [3.8, 4) is 0 Å². The van der Waals surface area contributed by atoms with Crippen LogP contribution in [0.15, 0.2) is 41.3 Å². The fourth-order valence-corrected chi connectivity index (χ4v) is 4.45. The number of thioether (sulfide) groups is 1. The van der Waals surface area contributed by atoms with Crippen LogP contribution in [0, 0.1) is 0 Å². The highest BCUT2D eigenvalue weighted by molar-refractivity contribution is 8.18. The third-order valence-electron chi connectivity index (χ3n) is 4.20. The van der Waals surface area contributed by atoms with Gasteiger partial charge in [-0.2, -0.15) is 0 Å². The van der Waals surface area contributed by atoms with Gasteiger partial charge in [0.25, 0.3) is 17.1 Å². The molecular formula is C18H9Cl3N2O3S. The lowest BCUT2D eigenvalue weighted by Crippen LogP contribution is -2.27. The molecule has 1 saturated heterocycles. The number of hydrogen-bond acceptors (Lipinski definition) is 4. The molecule has 3 amide bonds. The summed E-state index contributed by atoms with van der Waals surface area (Å²) in [7, 11) is 0. The number of carbonyl (C=O) groups excluding carboxylic acids is 3. The molecule has 0 radical (unpaired) electrons. The van der Waals surface area contributed by atoms with Crippen LogP contribution in [0.25, 0.3) is 5.57 Å². The van der Waals surface area contributed by atoms with Crippen LogP contribution >= 0.6 is 46.6 Å². The van der Waals surface area contributed by atoms with Crippen LogP contribution in [0.3, 0.4) is 0 Å². The predicted molar refractivity (Wildman–Crippen MR) is 107 cm³/mol. The summed E-state index contributed by atoms with van der Waals surface area (Å²) in [5.41, 5.74) is 1.79. The van der Waals surface area contributed by atoms with Gasteiger partial charge in [-0.3, -0.25) is 19.7 Å². The number of fused-ring (bicyclic) bond motifs is 1. The molecular weight excluding hydrogens is 431 g/mol. The molecule has 2 aliphatic heterocycles. The Labute approximate surface area is 173 Å². The number of nitrogens with one attached hydrogen (secondary N) is 1. The second-order valence-corrected chi connectivity index (χ2v) is 8.03.